The van der Waals surface area contributed by atoms with Crippen LogP contribution in [0.5, 0.6) is 0 Å². The Morgan fingerprint density at radius 1 is 1.59 bits per heavy atom. The first-order valence-corrected chi connectivity index (χ1v) is 5.80. The van der Waals surface area contributed by atoms with E-state index in [-0.39, 0.29) is 16.6 Å². The average Bonchev–Trinajstić information content (AvgIpc) is 2.26. The van der Waals surface area contributed by atoms with Crippen LogP contribution in [0, 0.1) is 5.82 Å². The number of thiocarbonyl (C=S) groups is 1. The van der Waals surface area contributed by atoms with Crippen LogP contribution in [0.4, 0.5) is 10.1 Å². The largest absolute Gasteiger partial charge is 0.389 e. The molecule has 17 heavy (non-hydrogen) atoms. The Kier molecular flexibility index (Phi) is 5.31. The smallest absolute Gasteiger partial charge is 0.135 e. The van der Waals surface area contributed by atoms with Gasteiger partial charge in [0.25, 0.3) is 0 Å². The summed E-state index contributed by atoms with van der Waals surface area (Å²) in [5.41, 5.74) is 6.37. The third kappa shape index (κ3) is 4.28. The SMILES string of the molecule is COCCC(C)Nc1ccc(C(N)=S)c(F)c1. The van der Waals surface area contributed by atoms with Crippen molar-refractivity contribution in [3.8, 4) is 0 Å². The zero-order valence-corrected chi connectivity index (χ0v) is 10.8. The second-order valence-corrected chi connectivity index (χ2v) is 4.33. The molecule has 0 fully saturated rings. The van der Waals surface area contributed by atoms with Gasteiger partial charge in [-0.2, -0.15) is 0 Å². The molecule has 0 aromatic heterocycles. The lowest BCUT2D eigenvalue weighted by molar-refractivity contribution is 0.191. The molecule has 3 N–H and O–H groups in total. The van der Waals surface area contributed by atoms with Gasteiger partial charge in [0.1, 0.15) is 10.8 Å². The van der Waals surface area contributed by atoms with E-state index in [0.29, 0.717) is 12.3 Å². The van der Waals surface area contributed by atoms with Gasteiger partial charge in [-0.25, -0.2) is 4.39 Å². The number of ether oxygens (including phenoxy) is 1. The van der Waals surface area contributed by atoms with Crippen molar-refractivity contribution in [2.75, 3.05) is 19.0 Å². The first kappa shape index (κ1) is 13.9. The van der Waals surface area contributed by atoms with Gasteiger partial charge >= 0.3 is 0 Å². The highest BCUT2D eigenvalue weighted by Gasteiger charge is 2.07. The predicted octanol–water partition coefficient (Wildman–Crippen LogP) is 2.30. The highest BCUT2D eigenvalue weighted by Crippen LogP contribution is 2.16. The lowest BCUT2D eigenvalue weighted by atomic mass is 10.1. The molecule has 0 saturated heterocycles. The standard InChI is InChI=1S/C12H17FN2OS/c1-8(5-6-16-2)15-9-3-4-10(12(14)17)11(13)7-9/h3-4,7-8,15H,5-6H2,1-2H3,(H2,14,17). The Labute approximate surface area is 106 Å². The maximum Gasteiger partial charge on any atom is 0.135 e. The monoisotopic (exact) mass is 256 g/mol. The fourth-order valence-electron chi connectivity index (χ4n) is 1.46. The van der Waals surface area contributed by atoms with E-state index in [9.17, 15) is 4.39 Å². The van der Waals surface area contributed by atoms with E-state index in [1.807, 2.05) is 6.92 Å². The van der Waals surface area contributed by atoms with Crippen molar-refractivity contribution < 1.29 is 9.13 Å². The third-order valence-corrected chi connectivity index (χ3v) is 2.62. The molecule has 1 aromatic carbocycles. The maximum atomic E-state index is 13.6. The molecule has 0 saturated carbocycles. The van der Waals surface area contributed by atoms with Gasteiger partial charge in [-0.05, 0) is 31.5 Å². The first-order chi connectivity index (χ1) is 8.04. The Balaban J connectivity index is 2.67. The fourth-order valence-corrected chi connectivity index (χ4v) is 1.62. The minimum atomic E-state index is -0.401. The zero-order chi connectivity index (χ0) is 12.8. The Hall–Kier alpha value is -1.20. The molecule has 0 heterocycles. The summed E-state index contributed by atoms with van der Waals surface area (Å²) >= 11 is 4.74. The number of hydrogen-bond donors (Lipinski definition) is 2. The van der Waals surface area contributed by atoms with Crippen LogP contribution in [-0.2, 0) is 4.74 Å². The number of nitrogens with one attached hydrogen (secondary N) is 1. The van der Waals surface area contributed by atoms with Crippen LogP contribution in [0.3, 0.4) is 0 Å². The predicted molar refractivity (Wildman–Crippen MR) is 71.9 cm³/mol. The van der Waals surface area contributed by atoms with Crippen LogP contribution in [0.1, 0.15) is 18.9 Å². The first-order valence-electron chi connectivity index (χ1n) is 5.39. The topological polar surface area (TPSA) is 47.3 Å². The normalized spacial score (nSPS) is 12.2. The molecule has 0 aliphatic heterocycles. The van der Waals surface area contributed by atoms with Crippen LogP contribution in [0.15, 0.2) is 18.2 Å². The van der Waals surface area contributed by atoms with Gasteiger partial charge in [0, 0.05) is 31.0 Å². The lowest BCUT2D eigenvalue weighted by Crippen LogP contribution is -2.18. The van der Waals surface area contributed by atoms with E-state index < -0.39 is 5.82 Å². The molecule has 94 valence electrons. The summed E-state index contributed by atoms with van der Waals surface area (Å²) in [6.07, 6.45) is 0.856. The summed E-state index contributed by atoms with van der Waals surface area (Å²) in [6, 6.07) is 4.96. The third-order valence-electron chi connectivity index (χ3n) is 2.40. The van der Waals surface area contributed by atoms with E-state index in [0.717, 1.165) is 6.42 Å². The second kappa shape index (κ2) is 6.51. The molecule has 3 nitrogen and oxygen atoms in total. The Morgan fingerprint density at radius 2 is 2.29 bits per heavy atom. The molecule has 1 aromatic rings. The molecule has 0 spiro atoms. The van der Waals surface area contributed by atoms with Crippen molar-refractivity contribution in [2.45, 2.75) is 19.4 Å². The van der Waals surface area contributed by atoms with Gasteiger partial charge in [-0.3, -0.25) is 0 Å². The fraction of sp³-hybridized carbons (Fsp3) is 0.417. The van der Waals surface area contributed by atoms with Crippen LogP contribution in [0.2, 0.25) is 0 Å². The second-order valence-electron chi connectivity index (χ2n) is 3.89. The maximum absolute atomic E-state index is 13.6. The molecule has 1 unspecified atom stereocenters. The molecule has 5 heteroatoms. The number of hydrogen-bond acceptors (Lipinski definition) is 3. The molecular formula is C12H17FN2OS. The summed E-state index contributed by atoms with van der Waals surface area (Å²) in [7, 11) is 1.66. The number of halogens is 1. The van der Waals surface area contributed by atoms with E-state index in [1.165, 1.54) is 6.07 Å². The van der Waals surface area contributed by atoms with Crippen molar-refractivity contribution in [1.29, 1.82) is 0 Å². The molecule has 1 rings (SSSR count). The Bertz CT molecular complexity index is 398. The van der Waals surface area contributed by atoms with E-state index in [4.69, 9.17) is 22.7 Å². The van der Waals surface area contributed by atoms with Crippen LogP contribution >= 0.6 is 12.2 Å². The van der Waals surface area contributed by atoms with Crippen molar-refractivity contribution in [2.24, 2.45) is 5.73 Å². The van der Waals surface area contributed by atoms with Gasteiger partial charge in [0.05, 0.1) is 0 Å². The summed E-state index contributed by atoms with van der Waals surface area (Å²) in [4.78, 5) is 0.0708. The summed E-state index contributed by atoms with van der Waals surface area (Å²) < 4.78 is 18.5. The van der Waals surface area contributed by atoms with E-state index in [2.05, 4.69) is 5.32 Å². The minimum Gasteiger partial charge on any atom is -0.389 e. The van der Waals surface area contributed by atoms with Crippen molar-refractivity contribution in [3.05, 3.63) is 29.6 Å². The van der Waals surface area contributed by atoms with Gasteiger partial charge in [0.2, 0.25) is 0 Å². The minimum absolute atomic E-state index is 0.0708. The number of nitrogens with two attached hydrogens (primary N) is 1. The number of methoxy groups -OCH3 is 1. The lowest BCUT2D eigenvalue weighted by Gasteiger charge is -2.15. The van der Waals surface area contributed by atoms with Crippen LogP contribution < -0.4 is 11.1 Å². The quantitative estimate of drug-likeness (QED) is 0.767. The molecule has 0 aliphatic carbocycles. The number of anilines is 1. The van der Waals surface area contributed by atoms with Crippen LogP contribution in [-0.4, -0.2) is 24.7 Å². The van der Waals surface area contributed by atoms with E-state index in [1.54, 1.807) is 19.2 Å². The van der Waals surface area contributed by atoms with E-state index >= 15 is 0 Å². The van der Waals surface area contributed by atoms with Crippen molar-refractivity contribution in [3.63, 3.8) is 0 Å². The molecular weight excluding hydrogens is 239 g/mol. The summed E-state index contributed by atoms with van der Waals surface area (Å²) in [6.45, 7) is 2.68. The van der Waals surface area contributed by atoms with Crippen LogP contribution in [0.25, 0.3) is 0 Å². The highest BCUT2D eigenvalue weighted by molar-refractivity contribution is 7.80. The molecule has 0 bridgehead atoms. The highest BCUT2D eigenvalue weighted by atomic mass is 32.1. The molecule has 0 radical (unpaired) electrons. The molecule has 1 atom stereocenters. The van der Waals surface area contributed by atoms with Gasteiger partial charge in [-0.1, -0.05) is 12.2 Å². The van der Waals surface area contributed by atoms with Crippen molar-refractivity contribution in [1.82, 2.24) is 0 Å². The van der Waals surface area contributed by atoms with Crippen molar-refractivity contribution >= 4 is 22.9 Å². The zero-order valence-electron chi connectivity index (χ0n) is 10.00. The summed E-state index contributed by atoms with van der Waals surface area (Å²) in [5, 5.41) is 3.18. The van der Waals surface area contributed by atoms with Gasteiger partial charge in [-0.15, -0.1) is 0 Å². The van der Waals surface area contributed by atoms with Gasteiger partial charge < -0.3 is 15.8 Å². The number of rotatable bonds is 6. The molecule has 0 aliphatic rings. The summed E-state index contributed by atoms with van der Waals surface area (Å²) in [5.74, 6) is -0.401. The Morgan fingerprint density at radius 3 is 2.82 bits per heavy atom. The number of benzene rings is 1. The average molecular weight is 256 g/mol. The van der Waals surface area contributed by atoms with Gasteiger partial charge in [0.15, 0.2) is 0 Å². The molecule has 0 amide bonds.